The van der Waals surface area contributed by atoms with E-state index in [4.69, 9.17) is 28.9 Å². The minimum atomic E-state index is -0.322. The Morgan fingerprint density at radius 2 is 1.96 bits per heavy atom. The van der Waals surface area contributed by atoms with Crippen LogP contribution in [0.5, 0.6) is 0 Å². The van der Waals surface area contributed by atoms with Gasteiger partial charge < -0.3 is 16.0 Å². The van der Waals surface area contributed by atoms with E-state index in [-0.39, 0.29) is 30.3 Å². The molecule has 0 saturated heterocycles. The van der Waals surface area contributed by atoms with Gasteiger partial charge in [0.25, 0.3) is 0 Å². The Morgan fingerprint density at radius 3 is 2.48 bits per heavy atom. The van der Waals surface area contributed by atoms with Crippen molar-refractivity contribution in [2.75, 3.05) is 18.4 Å². The van der Waals surface area contributed by atoms with Crippen LogP contribution in [-0.4, -0.2) is 35.8 Å². The fraction of sp³-hybridized carbons (Fsp3) is 0.500. The summed E-state index contributed by atoms with van der Waals surface area (Å²) in [7, 11) is 0. The van der Waals surface area contributed by atoms with Gasteiger partial charge in [0.05, 0.1) is 22.3 Å². The maximum absolute atomic E-state index is 12.5. The van der Waals surface area contributed by atoms with Gasteiger partial charge in [-0.3, -0.25) is 9.59 Å². The molecule has 7 heteroatoms. The van der Waals surface area contributed by atoms with E-state index < -0.39 is 0 Å². The predicted molar refractivity (Wildman–Crippen MR) is 92.7 cm³/mol. The van der Waals surface area contributed by atoms with Gasteiger partial charge in [0.1, 0.15) is 0 Å². The van der Waals surface area contributed by atoms with Gasteiger partial charge in [0, 0.05) is 18.5 Å². The lowest BCUT2D eigenvalue weighted by atomic mass is 10.1. The fourth-order valence-corrected chi connectivity index (χ4v) is 3.31. The molecule has 2 rings (SSSR count). The molecule has 126 valence electrons. The molecular weight excluding hydrogens is 337 g/mol. The van der Waals surface area contributed by atoms with E-state index in [1.807, 2.05) is 6.92 Å². The van der Waals surface area contributed by atoms with Crippen LogP contribution in [0.15, 0.2) is 18.2 Å². The molecule has 1 aliphatic carbocycles. The Kier molecular flexibility index (Phi) is 6.27. The van der Waals surface area contributed by atoms with Crippen LogP contribution in [0.3, 0.4) is 0 Å². The molecule has 1 aromatic rings. The minimum absolute atomic E-state index is 0.0131. The third-order valence-corrected chi connectivity index (χ3v) is 4.71. The molecule has 1 aliphatic rings. The van der Waals surface area contributed by atoms with Gasteiger partial charge in [-0.15, -0.1) is 0 Å². The van der Waals surface area contributed by atoms with E-state index in [2.05, 4.69) is 5.32 Å². The number of nitrogens with zero attached hydrogens (tertiary/aromatic N) is 1. The van der Waals surface area contributed by atoms with Crippen molar-refractivity contribution >= 4 is 40.7 Å². The number of rotatable bonds is 5. The number of carbonyl (C=O) groups is 2. The average Bonchev–Trinajstić information content (AvgIpc) is 2.94. The molecule has 0 aromatic heterocycles. The number of likely N-dealkylation sites (N-methyl/N-ethyl adjacent to an activating group) is 1. The SMILES string of the molecule is CCN(CC(=O)Nc1c(Cl)cccc1Cl)C(=O)C1CCC(N)C1. The zero-order valence-corrected chi connectivity index (χ0v) is 14.5. The lowest BCUT2D eigenvalue weighted by molar-refractivity contribution is -0.138. The lowest BCUT2D eigenvalue weighted by Gasteiger charge is -2.24. The minimum Gasteiger partial charge on any atom is -0.333 e. The zero-order valence-electron chi connectivity index (χ0n) is 13.0. The zero-order chi connectivity index (χ0) is 17.0. The van der Waals surface area contributed by atoms with Crippen LogP contribution in [0.25, 0.3) is 0 Å². The number of halogens is 2. The predicted octanol–water partition coefficient (Wildman–Crippen LogP) is 2.91. The smallest absolute Gasteiger partial charge is 0.244 e. The standard InChI is InChI=1S/C16H21Cl2N3O2/c1-2-21(16(23)10-6-7-11(19)8-10)9-14(22)20-15-12(17)4-3-5-13(15)18/h3-5,10-11H,2,6-9,19H2,1H3,(H,20,22). The quantitative estimate of drug-likeness (QED) is 0.850. The van der Waals surface area contributed by atoms with Crippen molar-refractivity contribution in [3.8, 4) is 0 Å². The lowest BCUT2D eigenvalue weighted by Crippen LogP contribution is -2.41. The Morgan fingerprint density at radius 1 is 1.30 bits per heavy atom. The van der Waals surface area contributed by atoms with Crippen molar-refractivity contribution in [3.63, 3.8) is 0 Å². The Balaban J connectivity index is 1.98. The number of amides is 2. The largest absolute Gasteiger partial charge is 0.333 e. The van der Waals surface area contributed by atoms with Crippen molar-refractivity contribution in [1.82, 2.24) is 4.90 Å². The second-order valence-electron chi connectivity index (χ2n) is 5.77. The van der Waals surface area contributed by atoms with Crippen LogP contribution < -0.4 is 11.1 Å². The number of nitrogens with two attached hydrogens (primary N) is 1. The molecule has 0 heterocycles. The maximum Gasteiger partial charge on any atom is 0.244 e. The summed E-state index contributed by atoms with van der Waals surface area (Å²) in [6.07, 6.45) is 2.33. The maximum atomic E-state index is 12.5. The topological polar surface area (TPSA) is 75.4 Å². The van der Waals surface area contributed by atoms with Gasteiger partial charge in [0.15, 0.2) is 0 Å². The van der Waals surface area contributed by atoms with Crippen molar-refractivity contribution in [2.24, 2.45) is 11.7 Å². The highest BCUT2D eigenvalue weighted by molar-refractivity contribution is 6.39. The van der Waals surface area contributed by atoms with E-state index in [1.54, 1.807) is 23.1 Å². The summed E-state index contributed by atoms with van der Waals surface area (Å²) in [4.78, 5) is 26.2. The van der Waals surface area contributed by atoms with Gasteiger partial charge >= 0.3 is 0 Å². The summed E-state index contributed by atoms with van der Waals surface area (Å²) in [5, 5.41) is 3.40. The molecule has 1 saturated carbocycles. The highest BCUT2D eigenvalue weighted by Crippen LogP contribution is 2.30. The third kappa shape index (κ3) is 4.59. The Bertz CT molecular complexity index is 574. The molecule has 0 spiro atoms. The first kappa shape index (κ1) is 18.0. The van der Waals surface area contributed by atoms with E-state index in [0.717, 1.165) is 12.8 Å². The first-order chi connectivity index (χ1) is 10.9. The van der Waals surface area contributed by atoms with Crippen LogP contribution in [0.2, 0.25) is 10.0 Å². The number of para-hydroxylation sites is 1. The summed E-state index contributed by atoms with van der Waals surface area (Å²) in [5.74, 6) is -0.417. The molecule has 1 aromatic carbocycles. The summed E-state index contributed by atoms with van der Waals surface area (Å²) < 4.78 is 0. The monoisotopic (exact) mass is 357 g/mol. The first-order valence-corrected chi connectivity index (χ1v) is 8.46. The van der Waals surface area contributed by atoms with Crippen molar-refractivity contribution in [2.45, 2.75) is 32.2 Å². The highest BCUT2D eigenvalue weighted by Gasteiger charge is 2.31. The number of hydrogen-bond donors (Lipinski definition) is 2. The molecule has 5 nitrogen and oxygen atoms in total. The van der Waals surface area contributed by atoms with Crippen LogP contribution in [-0.2, 0) is 9.59 Å². The summed E-state index contributed by atoms with van der Waals surface area (Å²) in [6.45, 7) is 2.29. The second-order valence-corrected chi connectivity index (χ2v) is 6.58. The average molecular weight is 358 g/mol. The molecule has 3 N–H and O–H groups in total. The number of benzene rings is 1. The number of hydrogen-bond acceptors (Lipinski definition) is 3. The van der Waals surface area contributed by atoms with Crippen molar-refractivity contribution in [3.05, 3.63) is 28.2 Å². The molecule has 0 aliphatic heterocycles. The van der Waals surface area contributed by atoms with Crippen LogP contribution in [0.1, 0.15) is 26.2 Å². The van der Waals surface area contributed by atoms with Gasteiger partial charge in [-0.2, -0.15) is 0 Å². The molecule has 0 bridgehead atoms. The summed E-state index contributed by atoms with van der Waals surface area (Å²) >= 11 is 12.1. The van der Waals surface area contributed by atoms with Crippen LogP contribution >= 0.6 is 23.2 Å². The number of nitrogens with one attached hydrogen (secondary N) is 1. The number of carbonyl (C=O) groups excluding carboxylic acids is 2. The Labute approximate surface area is 146 Å². The van der Waals surface area contributed by atoms with Gasteiger partial charge in [-0.25, -0.2) is 0 Å². The van der Waals surface area contributed by atoms with Crippen LogP contribution in [0, 0.1) is 5.92 Å². The first-order valence-electron chi connectivity index (χ1n) is 7.70. The summed E-state index contributed by atoms with van der Waals surface area (Å²) in [6, 6.07) is 5.07. The number of anilines is 1. The van der Waals surface area contributed by atoms with Crippen molar-refractivity contribution < 1.29 is 9.59 Å². The van der Waals surface area contributed by atoms with E-state index in [0.29, 0.717) is 28.7 Å². The normalized spacial score (nSPS) is 20.3. The second kappa shape index (κ2) is 7.99. The Hall–Kier alpha value is -1.30. The molecule has 2 atom stereocenters. The molecular formula is C16H21Cl2N3O2. The molecule has 1 fully saturated rings. The van der Waals surface area contributed by atoms with Gasteiger partial charge in [-0.1, -0.05) is 29.3 Å². The van der Waals surface area contributed by atoms with Gasteiger partial charge in [0.2, 0.25) is 11.8 Å². The highest BCUT2D eigenvalue weighted by atomic mass is 35.5. The van der Waals surface area contributed by atoms with E-state index in [9.17, 15) is 9.59 Å². The van der Waals surface area contributed by atoms with Crippen molar-refractivity contribution in [1.29, 1.82) is 0 Å². The molecule has 23 heavy (non-hydrogen) atoms. The molecule has 2 unspecified atom stereocenters. The fourth-order valence-electron chi connectivity index (χ4n) is 2.81. The van der Waals surface area contributed by atoms with E-state index >= 15 is 0 Å². The molecule has 2 amide bonds. The van der Waals surface area contributed by atoms with Gasteiger partial charge in [-0.05, 0) is 38.3 Å². The third-order valence-electron chi connectivity index (χ3n) is 4.08. The molecule has 0 radical (unpaired) electrons. The van der Waals surface area contributed by atoms with Crippen LogP contribution in [0.4, 0.5) is 5.69 Å². The van der Waals surface area contributed by atoms with E-state index in [1.165, 1.54) is 0 Å². The summed E-state index contributed by atoms with van der Waals surface area (Å²) in [5.41, 5.74) is 6.23.